The van der Waals surface area contributed by atoms with Gasteiger partial charge in [-0.25, -0.2) is 0 Å². The third kappa shape index (κ3) is 2.13. The summed E-state index contributed by atoms with van der Waals surface area (Å²) >= 11 is 6.13. The maximum Gasteiger partial charge on any atom is 0.180 e. The van der Waals surface area contributed by atoms with Gasteiger partial charge in [0.2, 0.25) is 0 Å². The minimum Gasteiger partial charge on any atom is -0.494 e. The van der Waals surface area contributed by atoms with Crippen molar-refractivity contribution in [3.05, 3.63) is 41.8 Å². The topological polar surface area (TPSA) is 52.3 Å². The quantitative estimate of drug-likeness (QED) is 0.737. The van der Waals surface area contributed by atoms with Crippen molar-refractivity contribution in [3.8, 4) is 17.1 Å². The van der Waals surface area contributed by atoms with E-state index in [1.54, 1.807) is 16.8 Å². The van der Waals surface area contributed by atoms with Crippen LogP contribution in [0.3, 0.4) is 0 Å². The Labute approximate surface area is 114 Å². The fraction of sp³-hybridized carbons (Fsp3) is 0.154. The van der Waals surface area contributed by atoms with Crippen LogP contribution in [-0.2, 0) is 0 Å². The standard InChI is InChI=1S/C13H11ClN4O/c1-2-19-10-5-3-9(4-6-10)13-17-16-12-8-15-7-11(14)18(12)13/h3-8H,2H2,1H3. The summed E-state index contributed by atoms with van der Waals surface area (Å²) in [5.74, 6) is 1.51. The molecule has 0 unspecified atom stereocenters. The number of ether oxygens (including phenoxy) is 1. The molecule has 0 spiro atoms. The third-order valence-electron chi connectivity index (χ3n) is 2.70. The van der Waals surface area contributed by atoms with Crippen molar-refractivity contribution in [1.29, 1.82) is 0 Å². The van der Waals surface area contributed by atoms with Crippen LogP contribution in [0.4, 0.5) is 0 Å². The van der Waals surface area contributed by atoms with Gasteiger partial charge in [-0.3, -0.25) is 9.38 Å². The molecule has 0 N–H and O–H groups in total. The molecule has 0 radical (unpaired) electrons. The first-order valence-electron chi connectivity index (χ1n) is 5.87. The summed E-state index contributed by atoms with van der Waals surface area (Å²) in [5.41, 5.74) is 1.54. The monoisotopic (exact) mass is 274 g/mol. The van der Waals surface area contributed by atoms with Gasteiger partial charge in [-0.05, 0) is 31.2 Å². The highest BCUT2D eigenvalue weighted by atomic mass is 35.5. The fourth-order valence-electron chi connectivity index (χ4n) is 1.87. The summed E-state index contributed by atoms with van der Waals surface area (Å²) in [4.78, 5) is 3.98. The molecule has 3 rings (SSSR count). The summed E-state index contributed by atoms with van der Waals surface area (Å²) in [6.45, 7) is 2.59. The molecule has 2 heterocycles. The van der Waals surface area contributed by atoms with Crippen LogP contribution in [-0.4, -0.2) is 26.2 Å². The van der Waals surface area contributed by atoms with Crippen molar-refractivity contribution < 1.29 is 4.74 Å². The van der Waals surface area contributed by atoms with Crippen LogP contribution in [0.25, 0.3) is 17.0 Å². The minimum atomic E-state index is 0.478. The summed E-state index contributed by atoms with van der Waals surface area (Å²) in [6.07, 6.45) is 3.19. The van der Waals surface area contributed by atoms with Gasteiger partial charge >= 0.3 is 0 Å². The number of halogens is 1. The highest BCUT2D eigenvalue weighted by Crippen LogP contribution is 2.23. The Balaban J connectivity index is 2.09. The molecule has 5 nitrogen and oxygen atoms in total. The molecule has 3 aromatic rings. The fourth-order valence-corrected chi connectivity index (χ4v) is 2.09. The first-order chi connectivity index (χ1) is 9.29. The van der Waals surface area contributed by atoms with Gasteiger partial charge < -0.3 is 4.74 Å². The van der Waals surface area contributed by atoms with Crippen LogP contribution in [0.1, 0.15) is 6.92 Å². The highest BCUT2D eigenvalue weighted by Gasteiger charge is 2.10. The number of aromatic nitrogens is 4. The maximum atomic E-state index is 6.13. The average Bonchev–Trinajstić information content (AvgIpc) is 2.85. The number of nitrogens with zero attached hydrogens (tertiary/aromatic N) is 4. The molecule has 0 aliphatic heterocycles. The van der Waals surface area contributed by atoms with Crippen molar-refractivity contribution in [1.82, 2.24) is 19.6 Å². The average molecular weight is 275 g/mol. The van der Waals surface area contributed by atoms with Gasteiger partial charge in [0.15, 0.2) is 11.5 Å². The van der Waals surface area contributed by atoms with Crippen LogP contribution in [0.5, 0.6) is 5.75 Å². The van der Waals surface area contributed by atoms with Crippen LogP contribution in [0.2, 0.25) is 5.15 Å². The molecule has 0 aliphatic carbocycles. The van der Waals surface area contributed by atoms with E-state index in [1.807, 2.05) is 31.2 Å². The number of fused-ring (bicyclic) bond motifs is 1. The van der Waals surface area contributed by atoms with Gasteiger partial charge in [0.05, 0.1) is 19.0 Å². The maximum absolute atomic E-state index is 6.13. The van der Waals surface area contributed by atoms with Crippen molar-refractivity contribution in [3.63, 3.8) is 0 Å². The molecule has 6 heteroatoms. The van der Waals surface area contributed by atoms with Crippen LogP contribution in [0, 0.1) is 0 Å². The lowest BCUT2D eigenvalue weighted by Crippen LogP contribution is -1.93. The predicted octanol–water partition coefficient (Wildman–Crippen LogP) is 2.84. The number of benzene rings is 1. The lowest BCUT2D eigenvalue weighted by atomic mass is 10.2. The highest BCUT2D eigenvalue weighted by molar-refractivity contribution is 6.29. The summed E-state index contributed by atoms with van der Waals surface area (Å²) < 4.78 is 7.16. The second kappa shape index (κ2) is 4.85. The molecule has 0 amide bonds. The van der Waals surface area contributed by atoms with E-state index >= 15 is 0 Å². The van der Waals surface area contributed by atoms with E-state index in [-0.39, 0.29) is 0 Å². The molecule has 0 aliphatic rings. The molecular formula is C13H11ClN4O. The van der Waals surface area contributed by atoms with Crippen molar-refractivity contribution in [2.24, 2.45) is 0 Å². The summed E-state index contributed by atoms with van der Waals surface area (Å²) in [6, 6.07) is 7.65. The molecule has 19 heavy (non-hydrogen) atoms. The number of rotatable bonds is 3. The Morgan fingerprint density at radius 2 is 1.95 bits per heavy atom. The number of hydrogen-bond acceptors (Lipinski definition) is 4. The van der Waals surface area contributed by atoms with E-state index in [0.29, 0.717) is 23.2 Å². The van der Waals surface area contributed by atoms with Gasteiger partial charge in [-0.15, -0.1) is 10.2 Å². The molecule has 0 saturated heterocycles. The van der Waals surface area contributed by atoms with E-state index in [9.17, 15) is 0 Å². The Hall–Kier alpha value is -2.14. The van der Waals surface area contributed by atoms with Crippen LogP contribution >= 0.6 is 11.6 Å². The van der Waals surface area contributed by atoms with Gasteiger partial charge in [0, 0.05) is 5.56 Å². The van der Waals surface area contributed by atoms with Gasteiger partial charge in [0.25, 0.3) is 0 Å². The summed E-state index contributed by atoms with van der Waals surface area (Å²) in [5, 5.41) is 8.68. The molecule has 1 aromatic carbocycles. The van der Waals surface area contributed by atoms with Crippen LogP contribution < -0.4 is 4.74 Å². The predicted molar refractivity (Wildman–Crippen MR) is 72.4 cm³/mol. The third-order valence-corrected chi connectivity index (χ3v) is 2.96. The Kier molecular flexibility index (Phi) is 3.05. The minimum absolute atomic E-state index is 0.478. The molecule has 0 fully saturated rings. The molecule has 0 atom stereocenters. The van der Waals surface area contributed by atoms with Gasteiger partial charge in [0.1, 0.15) is 10.9 Å². The Morgan fingerprint density at radius 3 is 2.68 bits per heavy atom. The largest absolute Gasteiger partial charge is 0.494 e. The van der Waals surface area contributed by atoms with E-state index in [0.717, 1.165) is 11.3 Å². The molecule has 96 valence electrons. The Bertz CT molecular complexity index is 708. The smallest absolute Gasteiger partial charge is 0.180 e. The lowest BCUT2D eigenvalue weighted by Gasteiger charge is -2.04. The van der Waals surface area contributed by atoms with Crippen molar-refractivity contribution >= 4 is 17.2 Å². The zero-order valence-electron chi connectivity index (χ0n) is 10.2. The van der Waals surface area contributed by atoms with Crippen molar-refractivity contribution in [2.75, 3.05) is 6.61 Å². The lowest BCUT2D eigenvalue weighted by molar-refractivity contribution is 0.340. The zero-order valence-corrected chi connectivity index (χ0v) is 11.0. The molecule has 0 bridgehead atoms. The second-order valence-electron chi connectivity index (χ2n) is 3.90. The van der Waals surface area contributed by atoms with E-state index in [1.165, 1.54) is 0 Å². The van der Waals surface area contributed by atoms with Gasteiger partial charge in [-0.1, -0.05) is 11.6 Å². The molecule has 2 aromatic heterocycles. The van der Waals surface area contributed by atoms with E-state index < -0.39 is 0 Å². The number of hydrogen-bond donors (Lipinski definition) is 0. The van der Waals surface area contributed by atoms with Crippen LogP contribution in [0.15, 0.2) is 36.7 Å². The van der Waals surface area contributed by atoms with Crippen molar-refractivity contribution in [2.45, 2.75) is 6.92 Å². The van der Waals surface area contributed by atoms with E-state index in [4.69, 9.17) is 16.3 Å². The normalized spacial score (nSPS) is 10.8. The first-order valence-corrected chi connectivity index (χ1v) is 6.25. The van der Waals surface area contributed by atoms with Gasteiger partial charge in [-0.2, -0.15) is 0 Å². The SMILES string of the molecule is CCOc1ccc(-c2nnc3cncc(Cl)n23)cc1. The molecular weight excluding hydrogens is 264 g/mol. The zero-order chi connectivity index (χ0) is 13.2. The van der Waals surface area contributed by atoms with E-state index in [2.05, 4.69) is 15.2 Å². The Morgan fingerprint density at radius 1 is 1.16 bits per heavy atom. The molecule has 0 saturated carbocycles. The first kappa shape index (κ1) is 11.9. The second-order valence-corrected chi connectivity index (χ2v) is 4.29. The summed E-state index contributed by atoms with van der Waals surface area (Å²) in [7, 11) is 0.